The predicted octanol–water partition coefficient (Wildman–Crippen LogP) is 3.43. The van der Waals surface area contributed by atoms with Crippen molar-refractivity contribution in [2.24, 2.45) is 0 Å². The number of methoxy groups -OCH3 is 1. The largest absolute Gasteiger partial charge is 0.453 e. The van der Waals surface area contributed by atoms with Crippen molar-refractivity contribution in [2.45, 2.75) is 6.04 Å². The fourth-order valence-electron chi connectivity index (χ4n) is 2.52. The minimum absolute atomic E-state index is 0.182. The summed E-state index contributed by atoms with van der Waals surface area (Å²) in [6, 6.07) is 12.4. The van der Waals surface area contributed by atoms with Crippen LogP contribution in [0.4, 0.5) is 25.4 Å². The van der Waals surface area contributed by atoms with Gasteiger partial charge in [-0.1, -0.05) is 18.2 Å². The molecule has 2 aromatic carbocycles. The van der Waals surface area contributed by atoms with Crippen LogP contribution >= 0.6 is 0 Å². The number of halogens is 1. The molecule has 1 atom stereocenters. The Morgan fingerprint density at radius 1 is 1.07 bits per heavy atom. The number of rotatable bonds is 6. The number of likely N-dealkylation sites (N-methyl/N-ethyl adjacent to an activating group) is 1. The van der Waals surface area contributed by atoms with Crippen molar-refractivity contribution in [1.29, 1.82) is 0 Å². The lowest BCUT2D eigenvalue weighted by Gasteiger charge is -2.25. The van der Waals surface area contributed by atoms with Crippen LogP contribution in [0.25, 0.3) is 0 Å². The first-order chi connectivity index (χ1) is 12.9. The highest BCUT2D eigenvalue weighted by molar-refractivity contribution is 5.91. The molecular weight excluding hydrogens is 351 g/mol. The number of nitrogens with one attached hydrogen (secondary N) is 3. The Hall–Kier alpha value is -3.13. The predicted molar refractivity (Wildman–Crippen MR) is 102 cm³/mol. The van der Waals surface area contributed by atoms with Crippen LogP contribution in [0.1, 0.15) is 11.6 Å². The quantitative estimate of drug-likeness (QED) is 0.723. The first-order valence-corrected chi connectivity index (χ1v) is 8.31. The van der Waals surface area contributed by atoms with Crippen LogP contribution in [-0.2, 0) is 4.74 Å². The number of carbonyl (C=O) groups is 2. The Bertz CT molecular complexity index is 798. The SMILES string of the molecule is COC(=O)Nc1cccc(NC(=O)NC[C@H](c2cccc(F)c2)N(C)C)c1. The molecule has 3 amide bonds. The zero-order valence-corrected chi connectivity index (χ0v) is 15.5. The van der Waals surface area contributed by atoms with Gasteiger partial charge < -0.3 is 20.3 Å². The van der Waals surface area contributed by atoms with Gasteiger partial charge in [-0.25, -0.2) is 14.0 Å². The second-order valence-corrected chi connectivity index (χ2v) is 6.07. The highest BCUT2D eigenvalue weighted by Crippen LogP contribution is 2.19. The molecule has 2 rings (SSSR count). The fourth-order valence-corrected chi connectivity index (χ4v) is 2.52. The number of nitrogens with zero attached hydrogens (tertiary/aromatic N) is 1. The fraction of sp³-hybridized carbons (Fsp3) is 0.263. The molecule has 0 radical (unpaired) electrons. The van der Waals surface area contributed by atoms with Gasteiger partial charge in [0.1, 0.15) is 5.82 Å². The standard InChI is InChI=1S/C19H23FN4O3/c1-24(2)17(13-6-4-7-14(20)10-13)12-21-18(25)22-15-8-5-9-16(11-15)23-19(26)27-3/h4-11,17H,12H2,1-3H3,(H,23,26)(H2,21,22,25)/t17-/m1/s1. The van der Waals surface area contributed by atoms with Gasteiger partial charge in [0.05, 0.1) is 13.2 Å². The monoisotopic (exact) mass is 374 g/mol. The van der Waals surface area contributed by atoms with Crippen molar-refractivity contribution in [2.75, 3.05) is 38.4 Å². The lowest BCUT2D eigenvalue weighted by Crippen LogP contribution is -2.36. The second kappa shape index (κ2) is 9.54. The number of hydrogen-bond acceptors (Lipinski definition) is 4. The van der Waals surface area contributed by atoms with E-state index in [4.69, 9.17) is 0 Å². The average Bonchev–Trinajstić information content (AvgIpc) is 2.62. The Kier molecular flexibility index (Phi) is 7.13. The maximum Gasteiger partial charge on any atom is 0.411 e. The minimum Gasteiger partial charge on any atom is -0.453 e. The van der Waals surface area contributed by atoms with E-state index in [2.05, 4.69) is 20.7 Å². The van der Waals surface area contributed by atoms with Crippen molar-refractivity contribution < 1.29 is 18.7 Å². The molecule has 0 spiro atoms. The molecular formula is C19H23FN4O3. The maximum atomic E-state index is 13.5. The molecule has 0 bridgehead atoms. The third-order valence-electron chi connectivity index (χ3n) is 3.86. The summed E-state index contributed by atoms with van der Waals surface area (Å²) < 4.78 is 18.0. The molecule has 7 nitrogen and oxygen atoms in total. The minimum atomic E-state index is -0.597. The maximum absolute atomic E-state index is 13.5. The van der Waals surface area contributed by atoms with Crippen molar-refractivity contribution in [3.8, 4) is 0 Å². The van der Waals surface area contributed by atoms with Crippen molar-refractivity contribution >= 4 is 23.5 Å². The molecule has 0 unspecified atom stereocenters. The summed E-state index contributed by atoms with van der Waals surface area (Å²) >= 11 is 0. The molecule has 0 aliphatic heterocycles. The molecule has 0 aliphatic rings. The molecule has 8 heteroatoms. The van der Waals surface area contributed by atoms with E-state index in [0.29, 0.717) is 17.9 Å². The summed E-state index contributed by atoms with van der Waals surface area (Å²) in [6.45, 7) is 0.294. The third kappa shape index (κ3) is 6.27. The van der Waals surface area contributed by atoms with Gasteiger partial charge in [0.2, 0.25) is 0 Å². The highest BCUT2D eigenvalue weighted by Gasteiger charge is 2.16. The number of amides is 3. The number of urea groups is 1. The highest BCUT2D eigenvalue weighted by atomic mass is 19.1. The second-order valence-electron chi connectivity index (χ2n) is 6.07. The van der Waals surface area contributed by atoms with Crippen LogP contribution in [0.3, 0.4) is 0 Å². The van der Waals surface area contributed by atoms with Gasteiger partial charge in [-0.3, -0.25) is 5.32 Å². The Labute approximate surface area is 157 Å². The van der Waals surface area contributed by atoms with Crippen molar-refractivity contribution in [1.82, 2.24) is 10.2 Å². The third-order valence-corrected chi connectivity index (χ3v) is 3.86. The first kappa shape index (κ1) is 20.2. The molecule has 0 aromatic heterocycles. The van der Waals surface area contributed by atoms with E-state index in [1.807, 2.05) is 25.1 Å². The van der Waals surface area contributed by atoms with E-state index >= 15 is 0 Å². The van der Waals surface area contributed by atoms with Gasteiger partial charge in [-0.05, 0) is 50.0 Å². The van der Waals surface area contributed by atoms with Crippen molar-refractivity contribution in [3.63, 3.8) is 0 Å². The molecule has 2 aromatic rings. The summed E-state index contributed by atoms with van der Waals surface area (Å²) in [7, 11) is 4.98. The van der Waals surface area contributed by atoms with E-state index in [0.717, 1.165) is 5.56 Å². The summed E-state index contributed by atoms with van der Waals surface area (Å²) in [5, 5.41) is 7.99. The lowest BCUT2D eigenvalue weighted by molar-refractivity contribution is 0.187. The normalized spacial score (nSPS) is 11.6. The summed E-state index contributed by atoms with van der Waals surface area (Å²) in [5.74, 6) is -0.321. The van der Waals surface area contributed by atoms with E-state index in [1.165, 1.54) is 19.2 Å². The van der Waals surface area contributed by atoms with Gasteiger partial charge in [0.15, 0.2) is 0 Å². The van der Waals surface area contributed by atoms with Crippen LogP contribution in [0.15, 0.2) is 48.5 Å². The smallest absolute Gasteiger partial charge is 0.411 e. The molecule has 27 heavy (non-hydrogen) atoms. The van der Waals surface area contributed by atoms with E-state index in [9.17, 15) is 14.0 Å². The lowest BCUT2D eigenvalue weighted by atomic mass is 10.1. The van der Waals surface area contributed by atoms with E-state index in [1.54, 1.807) is 30.3 Å². The first-order valence-electron chi connectivity index (χ1n) is 8.31. The topological polar surface area (TPSA) is 82.7 Å². The van der Waals surface area contributed by atoms with Crippen LogP contribution < -0.4 is 16.0 Å². The van der Waals surface area contributed by atoms with Crippen LogP contribution in [0.2, 0.25) is 0 Å². The van der Waals surface area contributed by atoms with Gasteiger partial charge >= 0.3 is 12.1 Å². The Balaban J connectivity index is 1.96. The van der Waals surface area contributed by atoms with E-state index in [-0.39, 0.29) is 11.9 Å². The van der Waals surface area contributed by atoms with Gasteiger partial charge in [0, 0.05) is 17.9 Å². The molecule has 0 saturated carbocycles. The summed E-state index contributed by atoms with van der Waals surface area (Å²) in [6.07, 6.45) is -0.597. The number of hydrogen-bond donors (Lipinski definition) is 3. The number of ether oxygens (including phenoxy) is 1. The molecule has 3 N–H and O–H groups in total. The molecule has 0 fully saturated rings. The Morgan fingerprint density at radius 2 is 1.74 bits per heavy atom. The zero-order chi connectivity index (χ0) is 19.8. The van der Waals surface area contributed by atoms with E-state index < -0.39 is 12.1 Å². The zero-order valence-electron chi connectivity index (χ0n) is 15.5. The van der Waals surface area contributed by atoms with Gasteiger partial charge in [0.25, 0.3) is 0 Å². The molecule has 0 heterocycles. The number of benzene rings is 2. The van der Waals surface area contributed by atoms with Crippen LogP contribution in [0.5, 0.6) is 0 Å². The molecule has 0 aliphatic carbocycles. The Morgan fingerprint density at radius 3 is 2.37 bits per heavy atom. The molecule has 144 valence electrons. The number of carbonyl (C=O) groups excluding carboxylic acids is 2. The number of anilines is 2. The van der Waals surface area contributed by atoms with Crippen molar-refractivity contribution in [3.05, 3.63) is 59.9 Å². The van der Waals surface area contributed by atoms with Gasteiger partial charge in [-0.2, -0.15) is 0 Å². The average molecular weight is 374 g/mol. The van der Waals surface area contributed by atoms with Crippen LogP contribution in [0, 0.1) is 5.82 Å². The van der Waals surface area contributed by atoms with Gasteiger partial charge in [-0.15, -0.1) is 0 Å². The summed E-state index contributed by atoms with van der Waals surface area (Å²) in [5.41, 5.74) is 1.77. The summed E-state index contributed by atoms with van der Waals surface area (Å²) in [4.78, 5) is 25.3. The van der Waals surface area contributed by atoms with Crippen LogP contribution in [-0.4, -0.2) is 44.8 Å². The molecule has 0 saturated heterocycles.